The molecule has 0 fully saturated rings. The zero-order valence-electron chi connectivity index (χ0n) is 8.33. The van der Waals surface area contributed by atoms with Crippen LogP contribution in [0.15, 0.2) is 24.3 Å². The van der Waals surface area contributed by atoms with Gasteiger partial charge in [0.15, 0.2) is 0 Å². The highest BCUT2D eigenvalue weighted by molar-refractivity contribution is 7.15. The van der Waals surface area contributed by atoms with Gasteiger partial charge in [-0.05, 0) is 13.0 Å². The van der Waals surface area contributed by atoms with Crippen molar-refractivity contribution in [3.63, 3.8) is 0 Å². The molecule has 15 heavy (non-hydrogen) atoms. The topological polar surface area (TPSA) is 38.9 Å². The number of aryl methyl sites for hydroxylation is 1. The van der Waals surface area contributed by atoms with Gasteiger partial charge in [-0.3, -0.25) is 0 Å². The third-order valence-corrected chi connectivity index (χ3v) is 3.65. The Balaban J connectivity index is 2.45. The predicted octanol–water partition coefficient (Wildman–Crippen LogP) is 3.23. The first kappa shape index (κ1) is 10.6. The van der Waals surface area contributed by atoms with Crippen molar-refractivity contribution in [1.82, 2.24) is 4.98 Å². The van der Waals surface area contributed by atoms with Crippen LogP contribution in [0.2, 0.25) is 5.15 Å². The molecular formula is C11H11ClN2S. The van der Waals surface area contributed by atoms with Gasteiger partial charge in [0.2, 0.25) is 0 Å². The first-order valence-electron chi connectivity index (χ1n) is 4.63. The van der Waals surface area contributed by atoms with Gasteiger partial charge in [-0.2, -0.15) is 0 Å². The molecule has 0 aliphatic rings. The van der Waals surface area contributed by atoms with E-state index in [2.05, 4.69) is 24.0 Å². The quantitative estimate of drug-likeness (QED) is 0.873. The summed E-state index contributed by atoms with van der Waals surface area (Å²) in [6.07, 6.45) is 0. The normalized spacial score (nSPS) is 10.6. The van der Waals surface area contributed by atoms with Gasteiger partial charge in [-0.15, -0.1) is 11.3 Å². The van der Waals surface area contributed by atoms with E-state index in [9.17, 15) is 0 Å². The monoisotopic (exact) mass is 238 g/mol. The first-order chi connectivity index (χ1) is 7.20. The Morgan fingerprint density at radius 3 is 2.87 bits per heavy atom. The fourth-order valence-corrected chi connectivity index (χ4v) is 2.52. The molecule has 0 aliphatic heterocycles. The van der Waals surface area contributed by atoms with Gasteiger partial charge >= 0.3 is 0 Å². The molecule has 2 rings (SSSR count). The van der Waals surface area contributed by atoms with E-state index in [0.29, 0.717) is 11.7 Å². The fourth-order valence-electron chi connectivity index (χ4n) is 1.36. The number of rotatable bonds is 2. The predicted molar refractivity (Wildman–Crippen MR) is 65.2 cm³/mol. The number of thiazole rings is 1. The molecule has 0 radical (unpaired) electrons. The molecule has 0 saturated carbocycles. The highest BCUT2D eigenvalue weighted by Crippen LogP contribution is 2.30. The highest BCUT2D eigenvalue weighted by atomic mass is 35.5. The molecule has 0 saturated heterocycles. The van der Waals surface area contributed by atoms with Gasteiger partial charge in [-0.25, -0.2) is 4.98 Å². The van der Waals surface area contributed by atoms with Crippen LogP contribution in [0.1, 0.15) is 10.4 Å². The zero-order chi connectivity index (χ0) is 10.8. The van der Waals surface area contributed by atoms with E-state index in [4.69, 9.17) is 17.3 Å². The van der Waals surface area contributed by atoms with E-state index >= 15 is 0 Å². The summed E-state index contributed by atoms with van der Waals surface area (Å²) in [5.41, 5.74) is 7.87. The lowest BCUT2D eigenvalue weighted by atomic mass is 10.1. The van der Waals surface area contributed by atoms with E-state index < -0.39 is 0 Å². The zero-order valence-corrected chi connectivity index (χ0v) is 9.90. The minimum atomic E-state index is 0.447. The maximum Gasteiger partial charge on any atom is 0.145 e. The number of benzene rings is 1. The lowest BCUT2D eigenvalue weighted by molar-refractivity contribution is 1.10. The average molecular weight is 239 g/mol. The SMILES string of the molecule is Cc1cccc(-c2nc(Cl)c(CN)s2)c1. The molecule has 4 heteroatoms. The van der Waals surface area contributed by atoms with Crippen LogP contribution in [0.3, 0.4) is 0 Å². The van der Waals surface area contributed by atoms with E-state index in [-0.39, 0.29) is 0 Å². The standard InChI is InChI=1S/C11H11ClN2S/c1-7-3-2-4-8(5-7)11-14-10(12)9(6-13)15-11/h2-5H,6,13H2,1H3. The molecule has 1 heterocycles. The van der Waals surface area contributed by atoms with Crippen LogP contribution in [0, 0.1) is 6.92 Å². The van der Waals surface area contributed by atoms with Crippen LogP contribution >= 0.6 is 22.9 Å². The smallest absolute Gasteiger partial charge is 0.145 e. The summed E-state index contributed by atoms with van der Waals surface area (Å²) in [6.45, 7) is 2.50. The molecule has 1 aromatic heterocycles. The molecule has 0 bridgehead atoms. The van der Waals surface area contributed by atoms with Gasteiger partial charge in [0.1, 0.15) is 10.2 Å². The first-order valence-corrected chi connectivity index (χ1v) is 5.82. The van der Waals surface area contributed by atoms with Crippen molar-refractivity contribution in [2.45, 2.75) is 13.5 Å². The van der Waals surface area contributed by atoms with Crippen molar-refractivity contribution in [1.29, 1.82) is 0 Å². The minimum Gasteiger partial charge on any atom is -0.326 e. The molecule has 2 nitrogen and oxygen atoms in total. The molecule has 78 valence electrons. The van der Waals surface area contributed by atoms with Gasteiger partial charge < -0.3 is 5.73 Å². The lowest BCUT2D eigenvalue weighted by Crippen LogP contribution is -1.92. The summed E-state index contributed by atoms with van der Waals surface area (Å²) in [5.74, 6) is 0. The van der Waals surface area contributed by atoms with Gasteiger partial charge in [0.05, 0.1) is 4.88 Å². The third kappa shape index (κ3) is 2.20. The van der Waals surface area contributed by atoms with Gasteiger partial charge in [0.25, 0.3) is 0 Å². The van der Waals surface area contributed by atoms with E-state index in [0.717, 1.165) is 15.4 Å². The summed E-state index contributed by atoms with van der Waals surface area (Å²) in [4.78, 5) is 5.23. The Bertz CT molecular complexity index is 479. The maximum atomic E-state index is 5.95. The number of hydrogen-bond donors (Lipinski definition) is 1. The average Bonchev–Trinajstić information content (AvgIpc) is 2.60. The molecule has 0 spiro atoms. The summed E-state index contributed by atoms with van der Waals surface area (Å²) in [5, 5.41) is 1.46. The van der Waals surface area contributed by atoms with Crippen molar-refractivity contribution in [3.8, 4) is 10.6 Å². The molecule has 0 unspecified atom stereocenters. The Morgan fingerprint density at radius 1 is 1.47 bits per heavy atom. The summed E-state index contributed by atoms with van der Waals surface area (Å²) in [7, 11) is 0. The van der Waals surface area contributed by atoms with Crippen molar-refractivity contribution in [3.05, 3.63) is 39.9 Å². The van der Waals surface area contributed by atoms with Crippen LogP contribution in [0.25, 0.3) is 10.6 Å². The number of hydrogen-bond acceptors (Lipinski definition) is 3. The second kappa shape index (κ2) is 4.31. The lowest BCUT2D eigenvalue weighted by Gasteiger charge is -1.96. The Labute approximate surface area is 97.7 Å². The second-order valence-corrected chi connectivity index (χ2v) is 4.75. The van der Waals surface area contributed by atoms with Crippen LogP contribution in [-0.4, -0.2) is 4.98 Å². The molecule has 2 aromatic rings. The molecule has 1 aromatic carbocycles. The molecule has 0 aliphatic carbocycles. The van der Waals surface area contributed by atoms with E-state index in [1.165, 1.54) is 5.56 Å². The van der Waals surface area contributed by atoms with Crippen LogP contribution < -0.4 is 5.73 Å². The van der Waals surface area contributed by atoms with E-state index in [1.54, 1.807) is 11.3 Å². The Kier molecular flexibility index (Phi) is 3.05. The molecule has 0 atom stereocenters. The Hall–Kier alpha value is -0.900. The molecule has 2 N–H and O–H groups in total. The van der Waals surface area contributed by atoms with Crippen molar-refractivity contribution in [2.24, 2.45) is 5.73 Å². The van der Waals surface area contributed by atoms with Crippen LogP contribution in [0.4, 0.5) is 0 Å². The molecular weight excluding hydrogens is 228 g/mol. The van der Waals surface area contributed by atoms with Gasteiger partial charge in [0, 0.05) is 12.1 Å². The van der Waals surface area contributed by atoms with Crippen molar-refractivity contribution >= 4 is 22.9 Å². The number of halogens is 1. The van der Waals surface area contributed by atoms with Gasteiger partial charge in [-0.1, -0.05) is 35.4 Å². The Morgan fingerprint density at radius 2 is 2.27 bits per heavy atom. The fraction of sp³-hybridized carbons (Fsp3) is 0.182. The minimum absolute atomic E-state index is 0.447. The summed E-state index contributed by atoms with van der Waals surface area (Å²) in [6, 6.07) is 8.20. The third-order valence-electron chi connectivity index (χ3n) is 2.10. The summed E-state index contributed by atoms with van der Waals surface area (Å²) < 4.78 is 0. The second-order valence-electron chi connectivity index (χ2n) is 3.31. The highest BCUT2D eigenvalue weighted by Gasteiger charge is 2.09. The van der Waals surface area contributed by atoms with Crippen molar-refractivity contribution < 1.29 is 0 Å². The number of aromatic nitrogens is 1. The number of nitrogens with two attached hydrogens (primary N) is 1. The van der Waals surface area contributed by atoms with E-state index in [1.807, 2.05) is 12.1 Å². The van der Waals surface area contributed by atoms with Crippen LogP contribution in [-0.2, 0) is 6.54 Å². The maximum absolute atomic E-state index is 5.95. The molecule has 0 amide bonds. The largest absolute Gasteiger partial charge is 0.326 e. The van der Waals surface area contributed by atoms with Crippen molar-refractivity contribution in [2.75, 3.05) is 0 Å². The number of nitrogens with zero attached hydrogens (tertiary/aromatic N) is 1. The van der Waals surface area contributed by atoms with Crippen LogP contribution in [0.5, 0.6) is 0 Å². The summed E-state index contributed by atoms with van der Waals surface area (Å²) >= 11 is 7.51.